The molecule has 7 nitrogen and oxygen atoms in total. The number of aliphatic imine (C=N–C) groups is 1. The van der Waals surface area contributed by atoms with Crippen LogP contribution >= 0.6 is 24.0 Å². The van der Waals surface area contributed by atoms with Crippen LogP contribution in [0.15, 0.2) is 42.0 Å². The molecule has 0 aromatic carbocycles. The summed E-state index contributed by atoms with van der Waals surface area (Å²) in [6.45, 7) is 3.46. The highest BCUT2D eigenvalue weighted by atomic mass is 127. The van der Waals surface area contributed by atoms with Crippen molar-refractivity contribution in [2.24, 2.45) is 10.9 Å². The summed E-state index contributed by atoms with van der Waals surface area (Å²) in [6, 6.07) is 4.02. The number of imidazole rings is 1. The largest absolute Gasteiger partial charge is 0.384 e. The number of hydrogen-bond donors (Lipinski definition) is 1. The molecule has 1 unspecified atom stereocenters. The molecule has 0 radical (unpaired) electrons. The molecule has 25 heavy (non-hydrogen) atoms. The first-order chi connectivity index (χ1) is 11.8. The molecule has 0 saturated carbocycles. The van der Waals surface area contributed by atoms with Gasteiger partial charge >= 0.3 is 0 Å². The van der Waals surface area contributed by atoms with Gasteiger partial charge in [-0.15, -0.1) is 24.0 Å². The fraction of sp³-hybridized carbons (Fsp3) is 0.471. The summed E-state index contributed by atoms with van der Waals surface area (Å²) in [4.78, 5) is 15.3. The highest BCUT2D eigenvalue weighted by Gasteiger charge is 2.24. The molecule has 1 fully saturated rings. The summed E-state index contributed by atoms with van der Waals surface area (Å²) in [5.74, 6) is 2.39. The third kappa shape index (κ3) is 4.91. The molecule has 1 aliphatic heterocycles. The number of ether oxygens (including phenoxy) is 1. The number of hydrogen-bond acceptors (Lipinski definition) is 4. The number of likely N-dealkylation sites (tertiary alicyclic amines) is 1. The molecule has 3 heterocycles. The minimum Gasteiger partial charge on any atom is -0.384 e. The summed E-state index contributed by atoms with van der Waals surface area (Å²) in [7, 11) is 3.59. The zero-order valence-corrected chi connectivity index (χ0v) is 17.0. The Kier molecular flexibility index (Phi) is 7.63. The van der Waals surface area contributed by atoms with E-state index < -0.39 is 0 Å². The maximum Gasteiger partial charge on any atom is 0.193 e. The second kappa shape index (κ2) is 9.71. The van der Waals surface area contributed by atoms with Crippen LogP contribution in [0.1, 0.15) is 12.0 Å². The SMILES string of the molecule is CN=C(NCc1cccnc1-n1ccnc1)N1CCC(COC)C1.I. The summed E-state index contributed by atoms with van der Waals surface area (Å²) in [6.07, 6.45) is 8.35. The fourth-order valence-corrected chi connectivity index (χ4v) is 3.09. The van der Waals surface area contributed by atoms with Crippen LogP contribution in [-0.2, 0) is 11.3 Å². The molecule has 0 aliphatic carbocycles. The third-order valence-electron chi connectivity index (χ3n) is 4.25. The summed E-state index contributed by atoms with van der Waals surface area (Å²) in [5.41, 5.74) is 1.10. The van der Waals surface area contributed by atoms with Crippen molar-refractivity contribution in [2.75, 3.05) is 33.9 Å². The molecular formula is C17H25IN6O. The van der Waals surface area contributed by atoms with Crippen molar-refractivity contribution in [3.63, 3.8) is 0 Å². The average molecular weight is 456 g/mol. The van der Waals surface area contributed by atoms with E-state index in [0.717, 1.165) is 43.5 Å². The minimum atomic E-state index is 0. The van der Waals surface area contributed by atoms with Crippen LogP contribution in [0.2, 0.25) is 0 Å². The number of methoxy groups -OCH3 is 1. The number of pyridine rings is 1. The lowest BCUT2D eigenvalue weighted by molar-refractivity contribution is 0.157. The normalized spacial score (nSPS) is 17.4. The third-order valence-corrected chi connectivity index (χ3v) is 4.25. The zero-order valence-electron chi connectivity index (χ0n) is 14.6. The Morgan fingerprint density at radius 3 is 3.04 bits per heavy atom. The van der Waals surface area contributed by atoms with E-state index in [9.17, 15) is 0 Å². The quantitative estimate of drug-likeness (QED) is 0.423. The molecule has 0 spiro atoms. The standard InChI is InChI=1S/C17H24N6O.HI/c1-18-17(22-8-5-14(11-22)12-24-2)21-10-15-4-3-6-20-16(15)23-9-7-19-13-23;/h3-4,6-7,9,13-14H,5,8,10-12H2,1-2H3,(H,18,21);1H. The van der Waals surface area contributed by atoms with E-state index >= 15 is 0 Å². The molecule has 1 aliphatic rings. The van der Waals surface area contributed by atoms with Crippen molar-refractivity contribution in [3.05, 3.63) is 42.6 Å². The number of aromatic nitrogens is 3. The Hall–Kier alpha value is -1.68. The minimum absolute atomic E-state index is 0. The van der Waals surface area contributed by atoms with Crippen LogP contribution in [0, 0.1) is 5.92 Å². The van der Waals surface area contributed by atoms with Gasteiger partial charge in [0, 0.05) is 63.9 Å². The summed E-state index contributed by atoms with van der Waals surface area (Å²) in [5, 5.41) is 3.45. The number of rotatable bonds is 5. The van der Waals surface area contributed by atoms with Crippen molar-refractivity contribution in [1.82, 2.24) is 24.8 Å². The predicted molar refractivity (Wildman–Crippen MR) is 109 cm³/mol. The first-order valence-electron chi connectivity index (χ1n) is 8.18. The highest BCUT2D eigenvalue weighted by Crippen LogP contribution is 2.17. The summed E-state index contributed by atoms with van der Waals surface area (Å²) < 4.78 is 7.19. The number of nitrogens with one attached hydrogen (secondary N) is 1. The molecule has 8 heteroatoms. The van der Waals surface area contributed by atoms with Gasteiger partial charge in [-0.25, -0.2) is 9.97 Å². The smallest absolute Gasteiger partial charge is 0.193 e. The van der Waals surface area contributed by atoms with Gasteiger partial charge in [-0.3, -0.25) is 9.56 Å². The van der Waals surface area contributed by atoms with Gasteiger partial charge in [0.15, 0.2) is 5.96 Å². The van der Waals surface area contributed by atoms with E-state index in [1.54, 1.807) is 25.8 Å². The van der Waals surface area contributed by atoms with Gasteiger partial charge < -0.3 is 15.0 Å². The Bertz CT molecular complexity index is 676. The Balaban J connectivity index is 0.00000225. The first-order valence-corrected chi connectivity index (χ1v) is 8.18. The number of halogens is 1. The monoisotopic (exact) mass is 456 g/mol. The van der Waals surface area contributed by atoms with Crippen LogP contribution in [0.3, 0.4) is 0 Å². The van der Waals surface area contributed by atoms with E-state index in [0.29, 0.717) is 12.5 Å². The molecule has 0 bridgehead atoms. The molecular weight excluding hydrogens is 431 g/mol. The first kappa shape index (κ1) is 19.6. The lowest BCUT2D eigenvalue weighted by Gasteiger charge is -2.22. The Morgan fingerprint density at radius 2 is 2.32 bits per heavy atom. The molecule has 1 saturated heterocycles. The zero-order chi connectivity index (χ0) is 16.8. The van der Waals surface area contributed by atoms with Crippen LogP contribution in [-0.4, -0.2) is 59.2 Å². The van der Waals surface area contributed by atoms with Gasteiger partial charge in [0.2, 0.25) is 0 Å². The Morgan fingerprint density at radius 1 is 1.44 bits per heavy atom. The number of nitrogens with zero attached hydrogens (tertiary/aromatic N) is 5. The molecule has 2 aromatic rings. The van der Waals surface area contributed by atoms with Gasteiger partial charge in [-0.05, 0) is 12.5 Å². The van der Waals surface area contributed by atoms with Gasteiger partial charge in [0.1, 0.15) is 12.1 Å². The van der Waals surface area contributed by atoms with Gasteiger partial charge in [0.25, 0.3) is 0 Å². The molecule has 0 amide bonds. The summed E-state index contributed by atoms with van der Waals surface area (Å²) >= 11 is 0. The van der Waals surface area contributed by atoms with Crippen LogP contribution in [0.25, 0.3) is 5.82 Å². The maximum atomic E-state index is 5.27. The Labute approximate surface area is 165 Å². The van der Waals surface area contributed by atoms with Crippen molar-refractivity contribution in [1.29, 1.82) is 0 Å². The van der Waals surface area contributed by atoms with Gasteiger partial charge in [0.05, 0.1) is 6.61 Å². The topological polar surface area (TPSA) is 67.6 Å². The van der Waals surface area contributed by atoms with E-state index in [1.165, 1.54) is 0 Å². The van der Waals surface area contributed by atoms with E-state index in [1.807, 2.05) is 23.9 Å². The average Bonchev–Trinajstić information content (AvgIpc) is 3.28. The van der Waals surface area contributed by atoms with Crippen molar-refractivity contribution < 1.29 is 4.74 Å². The molecule has 3 rings (SSSR count). The molecule has 136 valence electrons. The molecule has 2 aromatic heterocycles. The van der Waals surface area contributed by atoms with Crippen LogP contribution in [0.4, 0.5) is 0 Å². The predicted octanol–water partition coefficient (Wildman–Crippen LogP) is 1.93. The second-order valence-electron chi connectivity index (χ2n) is 5.91. The maximum absolute atomic E-state index is 5.27. The number of guanidine groups is 1. The van der Waals surface area contributed by atoms with E-state index in [-0.39, 0.29) is 24.0 Å². The van der Waals surface area contributed by atoms with Gasteiger partial charge in [-0.2, -0.15) is 0 Å². The van der Waals surface area contributed by atoms with Crippen molar-refractivity contribution in [2.45, 2.75) is 13.0 Å². The van der Waals surface area contributed by atoms with Crippen molar-refractivity contribution >= 4 is 29.9 Å². The van der Waals surface area contributed by atoms with Gasteiger partial charge in [-0.1, -0.05) is 6.07 Å². The molecule has 1 N–H and O–H groups in total. The fourth-order valence-electron chi connectivity index (χ4n) is 3.09. The molecule has 1 atom stereocenters. The van der Waals surface area contributed by atoms with E-state index in [4.69, 9.17) is 4.74 Å². The lowest BCUT2D eigenvalue weighted by Crippen LogP contribution is -2.40. The van der Waals surface area contributed by atoms with Crippen molar-refractivity contribution in [3.8, 4) is 5.82 Å². The van der Waals surface area contributed by atoms with Crippen LogP contribution in [0.5, 0.6) is 0 Å². The second-order valence-corrected chi connectivity index (χ2v) is 5.91. The van der Waals surface area contributed by atoms with Crippen LogP contribution < -0.4 is 5.32 Å². The highest BCUT2D eigenvalue weighted by molar-refractivity contribution is 14.0. The van der Waals surface area contributed by atoms with E-state index in [2.05, 4.69) is 31.2 Å². The lowest BCUT2D eigenvalue weighted by atomic mass is 10.1.